The van der Waals surface area contributed by atoms with Gasteiger partial charge in [-0.2, -0.15) is 0 Å². The Bertz CT molecular complexity index is 1460. The second kappa shape index (κ2) is 27.1. The van der Waals surface area contributed by atoms with E-state index in [0.717, 1.165) is 46.2 Å². The lowest BCUT2D eigenvalue weighted by Gasteiger charge is -2.28. The van der Waals surface area contributed by atoms with Gasteiger partial charge in [0.2, 0.25) is 0 Å². The van der Waals surface area contributed by atoms with Crippen LogP contribution >= 0.6 is 0 Å². The van der Waals surface area contributed by atoms with Crippen LogP contribution in [0.2, 0.25) is 0 Å². The smallest absolute Gasteiger partial charge is 0.306 e. The third-order valence-corrected chi connectivity index (χ3v) is 11.4. The summed E-state index contributed by atoms with van der Waals surface area (Å²) in [5, 5.41) is 21.5. The molecular formula is C54H92O6. The zero-order chi connectivity index (χ0) is 45.6. The van der Waals surface area contributed by atoms with Crippen LogP contribution < -0.4 is 0 Å². The van der Waals surface area contributed by atoms with Gasteiger partial charge in [0.1, 0.15) is 11.5 Å². The van der Waals surface area contributed by atoms with Gasteiger partial charge < -0.3 is 19.7 Å². The number of aromatic hydroxyl groups is 2. The Labute approximate surface area is 369 Å². The zero-order valence-electron chi connectivity index (χ0n) is 41.4. The summed E-state index contributed by atoms with van der Waals surface area (Å²) in [5.74, 6) is 0.471. The van der Waals surface area contributed by atoms with Gasteiger partial charge in [-0.05, 0) is 81.2 Å². The van der Waals surface area contributed by atoms with E-state index in [4.69, 9.17) is 9.47 Å². The number of phenols is 2. The number of unbranched alkanes of at least 4 members (excludes halogenated alkanes) is 15. The fourth-order valence-corrected chi connectivity index (χ4v) is 7.60. The lowest BCUT2D eigenvalue weighted by Crippen LogP contribution is -2.18. The highest BCUT2D eigenvalue weighted by molar-refractivity contribution is 5.70. The fraction of sp³-hybridized carbons (Fsp3) is 0.741. The number of esters is 2. The van der Waals surface area contributed by atoms with Gasteiger partial charge in [0.25, 0.3) is 0 Å². The van der Waals surface area contributed by atoms with Crippen molar-refractivity contribution in [2.24, 2.45) is 0 Å². The maximum absolute atomic E-state index is 12.3. The van der Waals surface area contributed by atoms with Crippen molar-refractivity contribution in [3.05, 3.63) is 57.6 Å². The van der Waals surface area contributed by atoms with Crippen molar-refractivity contribution in [1.29, 1.82) is 0 Å². The summed E-state index contributed by atoms with van der Waals surface area (Å²) in [4.78, 5) is 23.9. The number of phenolic OH excluding ortho intramolecular Hbond substituents is 2. The number of ether oxygens (including phenoxy) is 2. The lowest BCUT2D eigenvalue weighted by molar-refractivity contribution is -0.144. The predicted molar refractivity (Wildman–Crippen MR) is 255 cm³/mol. The first-order chi connectivity index (χ1) is 27.9. The minimum atomic E-state index is -0.176. The molecule has 0 saturated carbocycles. The van der Waals surface area contributed by atoms with Crippen LogP contribution in [0.5, 0.6) is 11.5 Å². The molecule has 2 rings (SSSR count). The highest BCUT2D eigenvalue weighted by atomic mass is 16.5. The van der Waals surface area contributed by atoms with Crippen molar-refractivity contribution in [2.45, 2.75) is 247 Å². The molecule has 0 saturated heterocycles. The summed E-state index contributed by atoms with van der Waals surface area (Å²) in [6, 6.07) is 8.16. The molecule has 0 aromatic heterocycles. The SMILES string of the molecule is CCCCCCCCCCCCCCCCCCOC(=O)CCc1cc(C(C)(C)C)c(O)c(C(C)(C)C)c1.CCOC(=O)CCc1cc(C(C)(C)C)c(O)c(C(C)(C)C)c1. The third kappa shape index (κ3) is 22.2. The maximum Gasteiger partial charge on any atom is 0.306 e. The van der Waals surface area contributed by atoms with E-state index in [1.807, 2.05) is 19.1 Å². The van der Waals surface area contributed by atoms with Gasteiger partial charge in [-0.25, -0.2) is 0 Å². The molecule has 0 unspecified atom stereocenters. The van der Waals surface area contributed by atoms with Crippen molar-refractivity contribution in [2.75, 3.05) is 13.2 Å². The second-order valence-electron chi connectivity index (χ2n) is 21.4. The summed E-state index contributed by atoms with van der Waals surface area (Å²) < 4.78 is 10.5. The Hall–Kier alpha value is -3.02. The first-order valence-electron chi connectivity index (χ1n) is 24.0. The van der Waals surface area contributed by atoms with Crippen LogP contribution in [0.1, 0.15) is 246 Å². The van der Waals surface area contributed by atoms with Gasteiger partial charge in [0.05, 0.1) is 13.2 Å². The quantitative estimate of drug-likeness (QED) is 0.0808. The molecule has 6 nitrogen and oxygen atoms in total. The summed E-state index contributed by atoms with van der Waals surface area (Å²) in [7, 11) is 0. The number of carbonyl (C=O) groups excluding carboxylic acids is 2. The van der Waals surface area contributed by atoms with Crippen molar-refractivity contribution in [3.8, 4) is 11.5 Å². The van der Waals surface area contributed by atoms with Gasteiger partial charge in [-0.1, -0.05) is 211 Å². The molecule has 0 heterocycles. The average molecular weight is 837 g/mol. The first-order valence-corrected chi connectivity index (χ1v) is 24.0. The minimum absolute atomic E-state index is 0.117. The van der Waals surface area contributed by atoms with E-state index in [1.165, 1.54) is 89.9 Å². The normalized spacial score (nSPS) is 12.2. The molecule has 6 heteroatoms. The molecule has 0 radical (unpaired) electrons. The number of hydrogen-bond acceptors (Lipinski definition) is 6. The molecule has 2 aromatic carbocycles. The van der Waals surface area contributed by atoms with Crippen LogP contribution in [0.15, 0.2) is 24.3 Å². The molecule has 2 aromatic rings. The Morgan fingerprint density at radius 2 is 0.700 bits per heavy atom. The van der Waals surface area contributed by atoms with E-state index in [1.54, 1.807) is 0 Å². The molecule has 2 N–H and O–H groups in total. The molecule has 0 aliphatic heterocycles. The Kier molecular flexibility index (Phi) is 24.9. The van der Waals surface area contributed by atoms with Crippen molar-refractivity contribution >= 4 is 11.9 Å². The summed E-state index contributed by atoms with van der Waals surface area (Å²) in [6.07, 6.45) is 23.5. The fourth-order valence-electron chi connectivity index (χ4n) is 7.60. The second-order valence-corrected chi connectivity index (χ2v) is 21.4. The summed E-state index contributed by atoms with van der Waals surface area (Å²) in [5.41, 5.74) is 5.30. The van der Waals surface area contributed by atoms with E-state index in [2.05, 4.69) is 102 Å². The summed E-state index contributed by atoms with van der Waals surface area (Å²) in [6.45, 7) is 30.3. The highest BCUT2D eigenvalue weighted by Gasteiger charge is 2.28. The molecule has 0 spiro atoms. The molecular weight excluding hydrogens is 745 g/mol. The van der Waals surface area contributed by atoms with Gasteiger partial charge in [0.15, 0.2) is 0 Å². The van der Waals surface area contributed by atoms with Crippen molar-refractivity contribution in [1.82, 2.24) is 0 Å². The van der Waals surface area contributed by atoms with Crippen LogP contribution in [-0.4, -0.2) is 35.4 Å². The molecule has 0 bridgehead atoms. The van der Waals surface area contributed by atoms with Crippen LogP contribution in [0.3, 0.4) is 0 Å². The number of rotatable bonds is 24. The molecule has 0 fully saturated rings. The highest BCUT2D eigenvalue weighted by Crippen LogP contribution is 2.41. The van der Waals surface area contributed by atoms with E-state index in [0.29, 0.717) is 50.4 Å². The van der Waals surface area contributed by atoms with E-state index < -0.39 is 0 Å². The Balaban J connectivity index is 0.000000692. The van der Waals surface area contributed by atoms with E-state index in [-0.39, 0.29) is 33.6 Å². The summed E-state index contributed by atoms with van der Waals surface area (Å²) >= 11 is 0. The van der Waals surface area contributed by atoms with Crippen molar-refractivity contribution in [3.63, 3.8) is 0 Å². The zero-order valence-corrected chi connectivity index (χ0v) is 41.4. The van der Waals surface area contributed by atoms with Crippen LogP contribution in [0, 0.1) is 0 Å². The number of hydrogen-bond donors (Lipinski definition) is 2. The standard InChI is InChI=1S/C35H62O3.C19H30O3/c1-8-9-10-11-12-13-14-15-16-17-18-19-20-21-22-23-26-38-32(36)25-24-29-27-30(34(2,3)4)33(37)31(28-29)35(5,6)7;1-8-22-16(20)10-9-13-11-14(18(2,3)4)17(21)15(12-13)19(5,6)7/h27-28,37H,8-26H2,1-7H3;11-12,21H,8-10H2,1-7H3. The van der Waals surface area contributed by atoms with Gasteiger partial charge in [-0.3, -0.25) is 9.59 Å². The molecule has 0 atom stereocenters. The molecule has 0 aliphatic rings. The minimum Gasteiger partial charge on any atom is -0.507 e. The molecule has 0 aliphatic carbocycles. The Morgan fingerprint density at radius 1 is 0.433 bits per heavy atom. The molecule has 0 amide bonds. The monoisotopic (exact) mass is 837 g/mol. The molecule has 344 valence electrons. The lowest BCUT2D eigenvalue weighted by atomic mass is 9.78. The average Bonchev–Trinajstić information content (AvgIpc) is 3.13. The van der Waals surface area contributed by atoms with Gasteiger partial charge in [0, 0.05) is 12.8 Å². The number of carbonyl (C=O) groups is 2. The maximum atomic E-state index is 12.3. The third-order valence-electron chi connectivity index (χ3n) is 11.4. The van der Waals surface area contributed by atoms with Crippen LogP contribution in [0.4, 0.5) is 0 Å². The van der Waals surface area contributed by atoms with Crippen LogP contribution in [0.25, 0.3) is 0 Å². The van der Waals surface area contributed by atoms with E-state index >= 15 is 0 Å². The van der Waals surface area contributed by atoms with E-state index in [9.17, 15) is 19.8 Å². The van der Waals surface area contributed by atoms with Crippen molar-refractivity contribution < 1.29 is 29.3 Å². The first kappa shape index (κ1) is 55.0. The van der Waals surface area contributed by atoms with Gasteiger partial charge >= 0.3 is 11.9 Å². The van der Waals surface area contributed by atoms with Gasteiger partial charge in [-0.15, -0.1) is 0 Å². The molecule has 60 heavy (non-hydrogen) atoms. The van der Waals surface area contributed by atoms with Crippen LogP contribution in [-0.2, 0) is 53.6 Å². The largest absolute Gasteiger partial charge is 0.507 e. The topological polar surface area (TPSA) is 93.1 Å². The Morgan fingerprint density at radius 3 is 0.967 bits per heavy atom. The number of benzene rings is 2. The number of aryl methyl sites for hydroxylation is 2. The predicted octanol–water partition coefficient (Wildman–Crippen LogP) is 15.2.